The summed E-state index contributed by atoms with van der Waals surface area (Å²) in [4.78, 5) is 17.2. The van der Waals surface area contributed by atoms with E-state index < -0.39 is 5.97 Å². The molecule has 0 aliphatic heterocycles. The molecule has 1 aromatic rings. The predicted molar refractivity (Wildman–Crippen MR) is 37.1 cm³/mol. The molecule has 2 atom stereocenters. The maximum absolute atomic E-state index is 10.4. The number of aliphatic carboxylic acids is 1. The molecule has 0 amide bonds. The van der Waals surface area contributed by atoms with Crippen molar-refractivity contribution >= 4 is 5.97 Å². The lowest BCUT2D eigenvalue weighted by atomic mass is 10.2. The van der Waals surface area contributed by atoms with Crippen LogP contribution in [-0.2, 0) is 4.79 Å². The van der Waals surface area contributed by atoms with Crippen LogP contribution in [0.1, 0.15) is 18.0 Å². The largest absolute Gasteiger partial charge is 0.481 e. The number of carboxylic acid groups (broad SMARTS) is 1. The van der Waals surface area contributed by atoms with Gasteiger partial charge in [-0.2, -0.15) is 0 Å². The number of nitrogens with one attached hydrogen (secondary N) is 1. The van der Waals surface area contributed by atoms with Crippen LogP contribution in [0.3, 0.4) is 0 Å². The van der Waals surface area contributed by atoms with Crippen molar-refractivity contribution in [3.63, 3.8) is 0 Å². The van der Waals surface area contributed by atoms with Gasteiger partial charge in [0.1, 0.15) is 0 Å². The minimum atomic E-state index is -0.704. The van der Waals surface area contributed by atoms with Gasteiger partial charge in [0.25, 0.3) is 0 Å². The zero-order chi connectivity index (χ0) is 7.84. The Balaban J connectivity index is 2.08. The first-order chi connectivity index (χ1) is 5.29. The molecule has 2 rings (SSSR count). The lowest BCUT2D eigenvalue weighted by Crippen LogP contribution is -1.98. The van der Waals surface area contributed by atoms with Crippen molar-refractivity contribution in [3.05, 3.63) is 18.2 Å². The fourth-order valence-corrected chi connectivity index (χ4v) is 1.28. The minimum Gasteiger partial charge on any atom is -0.481 e. The second kappa shape index (κ2) is 2.08. The lowest BCUT2D eigenvalue weighted by Gasteiger charge is -1.89. The van der Waals surface area contributed by atoms with Crippen molar-refractivity contribution in [3.8, 4) is 0 Å². The Bertz CT molecular complexity index is 268. The molecule has 4 nitrogen and oxygen atoms in total. The molecule has 4 heteroatoms. The van der Waals surface area contributed by atoms with E-state index in [1.807, 2.05) is 0 Å². The Morgan fingerprint density at radius 2 is 2.64 bits per heavy atom. The molecule has 1 aliphatic carbocycles. The second-order valence-corrected chi connectivity index (χ2v) is 2.79. The standard InChI is InChI=1S/C7H8N2O2/c10-7(11)5-1-4(5)6-2-8-3-9-6/h2-5H,1H2,(H,8,9)(H,10,11)/t4-,5+/m0/s1. The number of aromatic amines is 1. The summed E-state index contributed by atoms with van der Waals surface area (Å²) < 4.78 is 0. The van der Waals surface area contributed by atoms with E-state index >= 15 is 0 Å². The van der Waals surface area contributed by atoms with Gasteiger partial charge in [0.05, 0.1) is 12.2 Å². The highest BCUT2D eigenvalue weighted by Crippen LogP contribution is 2.46. The molecule has 1 aliphatic rings. The van der Waals surface area contributed by atoms with E-state index in [0.717, 1.165) is 12.1 Å². The summed E-state index contributed by atoms with van der Waals surface area (Å²) in [5.74, 6) is -0.713. The van der Waals surface area contributed by atoms with E-state index in [-0.39, 0.29) is 11.8 Å². The summed E-state index contributed by atoms with van der Waals surface area (Å²) in [7, 11) is 0. The average molecular weight is 152 g/mol. The molecule has 0 unspecified atom stereocenters. The van der Waals surface area contributed by atoms with Crippen LogP contribution < -0.4 is 0 Å². The molecule has 1 aromatic heterocycles. The van der Waals surface area contributed by atoms with Gasteiger partial charge in [0, 0.05) is 17.8 Å². The van der Waals surface area contributed by atoms with Crippen molar-refractivity contribution in [2.24, 2.45) is 5.92 Å². The SMILES string of the molecule is O=C(O)[C@@H]1C[C@@H]1c1cnc[nH]1. The van der Waals surface area contributed by atoms with Gasteiger partial charge < -0.3 is 10.1 Å². The minimum absolute atomic E-state index is 0.176. The van der Waals surface area contributed by atoms with Gasteiger partial charge >= 0.3 is 5.97 Å². The van der Waals surface area contributed by atoms with Crippen molar-refractivity contribution in [2.45, 2.75) is 12.3 Å². The number of imidazole rings is 1. The molecule has 0 saturated heterocycles. The van der Waals surface area contributed by atoms with E-state index in [1.165, 1.54) is 0 Å². The van der Waals surface area contributed by atoms with Gasteiger partial charge in [0.2, 0.25) is 0 Å². The van der Waals surface area contributed by atoms with E-state index in [0.29, 0.717) is 0 Å². The third kappa shape index (κ3) is 1.00. The number of hydrogen-bond acceptors (Lipinski definition) is 2. The highest BCUT2D eigenvalue weighted by Gasteiger charge is 2.44. The molecule has 0 radical (unpaired) electrons. The molecular formula is C7H8N2O2. The van der Waals surface area contributed by atoms with Crippen LogP contribution in [0, 0.1) is 5.92 Å². The van der Waals surface area contributed by atoms with Crippen molar-refractivity contribution < 1.29 is 9.90 Å². The van der Waals surface area contributed by atoms with Gasteiger partial charge in [-0.1, -0.05) is 0 Å². The maximum Gasteiger partial charge on any atom is 0.307 e. The highest BCUT2D eigenvalue weighted by molar-refractivity contribution is 5.74. The number of carbonyl (C=O) groups is 1. The number of nitrogens with zero attached hydrogens (tertiary/aromatic N) is 1. The van der Waals surface area contributed by atoms with Gasteiger partial charge in [-0.3, -0.25) is 4.79 Å². The first-order valence-corrected chi connectivity index (χ1v) is 3.50. The molecule has 0 bridgehead atoms. The second-order valence-electron chi connectivity index (χ2n) is 2.79. The van der Waals surface area contributed by atoms with E-state index in [1.54, 1.807) is 12.5 Å². The first-order valence-electron chi connectivity index (χ1n) is 3.50. The molecule has 1 fully saturated rings. The van der Waals surface area contributed by atoms with Crippen LogP contribution >= 0.6 is 0 Å². The third-order valence-corrected chi connectivity index (χ3v) is 2.03. The number of hydrogen-bond donors (Lipinski definition) is 2. The molecular weight excluding hydrogens is 144 g/mol. The zero-order valence-electron chi connectivity index (χ0n) is 5.82. The third-order valence-electron chi connectivity index (χ3n) is 2.03. The number of rotatable bonds is 2. The Kier molecular flexibility index (Phi) is 1.21. The van der Waals surface area contributed by atoms with Gasteiger partial charge in [0.15, 0.2) is 0 Å². The summed E-state index contributed by atoms with van der Waals surface area (Å²) >= 11 is 0. The summed E-state index contributed by atoms with van der Waals surface area (Å²) in [6, 6.07) is 0. The molecule has 0 aromatic carbocycles. The van der Waals surface area contributed by atoms with E-state index in [9.17, 15) is 4.79 Å². The zero-order valence-corrected chi connectivity index (χ0v) is 5.82. The van der Waals surface area contributed by atoms with E-state index in [4.69, 9.17) is 5.11 Å². The number of aromatic nitrogens is 2. The van der Waals surface area contributed by atoms with Gasteiger partial charge in [-0.15, -0.1) is 0 Å². The van der Waals surface area contributed by atoms with Crippen LogP contribution in [0.5, 0.6) is 0 Å². The highest BCUT2D eigenvalue weighted by atomic mass is 16.4. The van der Waals surface area contributed by atoms with Crippen molar-refractivity contribution in [1.82, 2.24) is 9.97 Å². The molecule has 1 heterocycles. The van der Waals surface area contributed by atoms with Gasteiger partial charge in [-0.05, 0) is 6.42 Å². The summed E-state index contributed by atoms with van der Waals surface area (Å²) in [6.07, 6.45) is 4.01. The number of carboxylic acids is 1. The van der Waals surface area contributed by atoms with Crippen molar-refractivity contribution in [2.75, 3.05) is 0 Å². The monoisotopic (exact) mass is 152 g/mol. The fourth-order valence-electron chi connectivity index (χ4n) is 1.28. The Hall–Kier alpha value is -1.32. The quantitative estimate of drug-likeness (QED) is 0.652. The normalized spacial score (nSPS) is 28.4. The Labute approximate surface area is 63.3 Å². The smallest absolute Gasteiger partial charge is 0.307 e. The molecule has 0 spiro atoms. The Morgan fingerprint density at radius 1 is 1.82 bits per heavy atom. The first kappa shape index (κ1) is 6.39. The van der Waals surface area contributed by atoms with Gasteiger partial charge in [-0.25, -0.2) is 4.98 Å². The van der Waals surface area contributed by atoms with Crippen molar-refractivity contribution in [1.29, 1.82) is 0 Å². The molecule has 1 saturated carbocycles. The summed E-state index contributed by atoms with van der Waals surface area (Å²) in [5.41, 5.74) is 0.942. The van der Waals surface area contributed by atoms with Crippen LogP contribution in [0.4, 0.5) is 0 Å². The van der Waals surface area contributed by atoms with Crippen LogP contribution in [0.2, 0.25) is 0 Å². The summed E-state index contributed by atoms with van der Waals surface area (Å²) in [5, 5.41) is 8.59. The predicted octanol–water partition coefficient (Wildman–Crippen LogP) is 0.598. The lowest BCUT2D eigenvalue weighted by molar-refractivity contribution is -0.138. The number of H-pyrrole nitrogens is 1. The topological polar surface area (TPSA) is 66.0 Å². The summed E-state index contributed by atoms with van der Waals surface area (Å²) in [6.45, 7) is 0. The fraction of sp³-hybridized carbons (Fsp3) is 0.429. The molecule has 2 N–H and O–H groups in total. The van der Waals surface area contributed by atoms with Crippen LogP contribution in [0.25, 0.3) is 0 Å². The average Bonchev–Trinajstić information content (AvgIpc) is 2.60. The maximum atomic E-state index is 10.4. The Morgan fingerprint density at radius 3 is 3.09 bits per heavy atom. The van der Waals surface area contributed by atoms with E-state index in [2.05, 4.69) is 9.97 Å². The molecule has 58 valence electrons. The van der Waals surface area contributed by atoms with Crippen LogP contribution in [0.15, 0.2) is 12.5 Å². The molecule has 11 heavy (non-hydrogen) atoms. The van der Waals surface area contributed by atoms with Crippen LogP contribution in [-0.4, -0.2) is 21.0 Å².